The van der Waals surface area contributed by atoms with E-state index in [1.54, 1.807) is 18.2 Å². The summed E-state index contributed by atoms with van der Waals surface area (Å²) in [6, 6.07) is 11.0. The third-order valence-electron chi connectivity index (χ3n) is 5.66. The van der Waals surface area contributed by atoms with Crippen LogP contribution in [-0.2, 0) is 6.54 Å². The smallest absolute Gasteiger partial charge is 0.263 e. The normalized spacial score (nSPS) is 11.1. The van der Waals surface area contributed by atoms with Crippen LogP contribution < -0.4 is 10.9 Å². The quantitative estimate of drug-likeness (QED) is 0.232. The number of aromatic hydroxyl groups is 1. The van der Waals surface area contributed by atoms with E-state index < -0.39 is 23.1 Å². The Morgan fingerprint density at radius 2 is 1.97 bits per heavy atom. The molecular formula is C25H18F2N6O3. The largest absolute Gasteiger partial charge is 0.494 e. The Hall–Kier alpha value is -5.06. The molecule has 0 saturated carbocycles. The molecule has 180 valence electrons. The first-order valence-electron chi connectivity index (χ1n) is 10.7. The van der Waals surface area contributed by atoms with Crippen LogP contribution in [-0.4, -0.2) is 36.2 Å². The lowest BCUT2D eigenvalue weighted by molar-refractivity contribution is 0.102. The van der Waals surface area contributed by atoms with Gasteiger partial charge in [0.2, 0.25) is 0 Å². The van der Waals surface area contributed by atoms with Gasteiger partial charge in [-0.05, 0) is 48.0 Å². The lowest BCUT2D eigenvalue weighted by Crippen LogP contribution is -2.29. The van der Waals surface area contributed by atoms with Crippen LogP contribution in [0.25, 0.3) is 10.9 Å². The number of anilines is 1. The van der Waals surface area contributed by atoms with Crippen molar-refractivity contribution in [1.29, 1.82) is 5.41 Å². The van der Waals surface area contributed by atoms with Gasteiger partial charge in [-0.1, -0.05) is 6.07 Å². The molecule has 3 heterocycles. The molecule has 5 N–H and O–H groups in total. The lowest BCUT2D eigenvalue weighted by atomic mass is 10.1. The zero-order chi connectivity index (χ0) is 25.4. The van der Waals surface area contributed by atoms with E-state index in [4.69, 9.17) is 5.41 Å². The summed E-state index contributed by atoms with van der Waals surface area (Å²) in [4.78, 5) is 35.3. The minimum atomic E-state index is -1.03. The first kappa shape index (κ1) is 22.7. The minimum absolute atomic E-state index is 0.00269. The van der Waals surface area contributed by atoms with E-state index in [-0.39, 0.29) is 29.3 Å². The molecule has 3 aromatic heterocycles. The Morgan fingerprint density at radius 3 is 2.72 bits per heavy atom. The van der Waals surface area contributed by atoms with Crippen LogP contribution in [0.1, 0.15) is 27.2 Å². The number of hydrogen-bond acceptors (Lipinski definition) is 5. The van der Waals surface area contributed by atoms with Crippen molar-refractivity contribution in [3.8, 4) is 5.88 Å². The number of halogens is 2. The number of nitrogens with zero attached hydrogens (tertiary/aromatic N) is 2. The first-order valence-corrected chi connectivity index (χ1v) is 10.7. The average Bonchev–Trinajstić information content (AvgIpc) is 3.50. The molecule has 0 aliphatic carbocycles. The van der Waals surface area contributed by atoms with Gasteiger partial charge < -0.3 is 25.0 Å². The number of amides is 1. The van der Waals surface area contributed by atoms with E-state index in [0.29, 0.717) is 27.8 Å². The number of aromatic amines is 2. The van der Waals surface area contributed by atoms with Crippen LogP contribution in [0, 0.1) is 17.0 Å². The third kappa shape index (κ3) is 4.13. The number of hydrogen-bond donors (Lipinski definition) is 5. The summed E-state index contributed by atoms with van der Waals surface area (Å²) in [6.07, 6.45) is 4.32. The predicted molar refractivity (Wildman–Crippen MR) is 129 cm³/mol. The number of benzene rings is 2. The van der Waals surface area contributed by atoms with Crippen molar-refractivity contribution in [2.75, 3.05) is 5.32 Å². The van der Waals surface area contributed by atoms with Crippen LogP contribution in [0.2, 0.25) is 0 Å². The molecular weight excluding hydrogens is 470 g/mol. The van der Waals surface area contributed by atoms with Crippen LogP contribution >= 0.6 is 0 Å². The van der Waals surface area contributed by atoms with E-state index in [1.807, 2.05) is 0 Å². The van der Waals surface area contributed by atoms with Gasteiger partial charge in [0, 0.05) is 22.8 Å². The molecule has 0 atom stereocenters. The van der Waals surface area contributed by atoms with Gasteiger partial charge in [0.1, 0.15) is 5.56 Å². The van der Waals surface area contributed by atoms with Gasteiger partial charge in [-0.25, -0.2) is 13.8 Å². The van der Waals surface area contributed by atoms with Crippen molar-refractivity contribution in [2.24, 2.45) is 0 Å². The van der Waals surface area contributed by atoms with Crippen molar-refractivity contribution in [1.82, 2.24) is 19.5 Å². The van der Waals surface area contributed by atoms with E-state index in [9.17, 15) is 23.5 Å². The van der Waals surface area contributed by atoms with Gasteiger partial charge in [0.15, 0.2) is 17.5 Å². The molecule has 0 bridgehead atoms. The van der Waals surface area contributed by atoms with Crippen molar-refractivity contribution in [3.63, 3.8) is 0 Å². The highest BCUT2D eigenvalue weighted by molar-refractivity contribution is 6.19. The molecule has 11 heteroatoms. The molecule has 36 heavy (non-hydrogen) atoms. The fourth-order valence-electron chi connectivity index (χ4n) is 3.90. The summed E-state index contributed by atoms with van der Waals surface area (Å²) in [6.45, 7) is -0.0508. The molecule has 0 unspecified atom stereocenters. The average molecular weight is 488 g/mol. The summed E-state index contributed by atoms with van der Waals surface area (Å²) in [7, 11) is 0. The van der Waals surface area contributed by atoms with E-state index in [1.165, 1.54) is 41.5 Å². The Kier molecular flexibility index (Phi) is 5.65. The number of rotatable bonds is 6. The van der Waals surface area contributed by atoms with E-state index >= 15 is 0 Å². The molecule has 5 aromatic rings. The summed E-state index contributed by atoms with van der Waals surface area (Å²) in [5.41, 5.74) is 1.09. The summed E-state index contributed by atoms with van der Waals surface area (Å²) >= 11 is 0. The van der Waals surface area contributed by atoms with Gasteiger partial charge in [0.25, 0.3) is 11.5 Å². The number of carbonyl (C=O) groups excluding carboxylic acids is 1. The monoisotopic (exact) mass is 488 g/mol. The molecule has 1 amide bonds. The summed E-state index contributed by atoms with van der Waals surface area (Å²) in [5.74, 6) is -2.91. The van der Waals surface area contributed by atoms with E-state index in [2.05, 4.69) is 20.3 Å². The van der Waals surface area contributed by atoms with Gasteiger partial charge in [-0.15, -0.1) is 0 Å². The number of carbonyl (C=O) groups is 1. The molecule has 0 aliphatic rings. The Morgan fingerprint density at radius 1 is 1.14 bits per heavy atom. The van der Waals surface area contributed by atoms with Gasteiger partial charge in [-0.3, -0.25) is 15.0 Å². The van der Waals surface area contributed by atoms with Crippen molar-refractivity contribution in [2.45, 2.75) is 6.54 Å². The number of nitrogens with one attached hydrogen (secondary N) is 4. The summed E-state index contributed by atoms with van der Waals surface area (Å²) < 4.78 is 28.0. The molecule has 0 saturated heterocycles. The van der Waals surface area contributed by atoms with Gasteiger partial charge >= 0.3 is 0 Å². The third-order valence-corrected chi connectivity index (χ3v) is 5.66. The molecule has 0 fully saturated rings. The molecule has 0 spiro atoms. The fourth-order valence-corrected chi connectivity index (χ4v) is 3.90. The van der Waals surface area contributed by atoms with Gasteiger partial charge in [0.05, 0.1) is 36.0 Å². The molecule has 2 aromatic carbocycles. The first-order chi connectivity index (χ1) is 17.3. The number of fused-ring (bicyclic) bond motifs is 1. The predicted octanol–water partition coefficient (Wildman–Crippen LogP) is 3.75. The zero-order valence-corrected chi connectivity index (χ0v) is 18.5. The SMILES string of the molecule is N=C(c1cnc[nH]1)c1c(O)[nH]c2ccc(NC(=O)c3cccn(Cc4ccc(F)c(F)c4)c3=O)cc12. The minimum Gasteiger partial charge on any atom is -0.494 e. The van der Waals surface area contributed by atoms with E-state index in [0.717, 1.165) is 12.1 Å². The Balaban J connectivity index is 1.43. The highest BCUT2D eigenvalue weighted by atomic mass is 19.2. The second kappa shape index (κ2) is 8.95. The lowest BCUT2D eigenvalue weighted by Gasteiger charge is -2.10. The number of imidazole rings is 1. The van der Waals surface area contributed by atoms with Gasteiger partial charge in [-0.2, -0.15) is 0 Å². The number of aromatic nitrogens is 4. The maximum atomic E-state index is 13.5. The fraction of sp³-hybridized carbons (Fsp3) is 0.0400. The standard InChI is InChI=1S/C25H18F2N6O3/c26-17-5-3-13(8-18(17)27)11-33-7-1-2-15(25(33)36)23(34)31-14-4-6-19-16(9-14)21(24(35)32-19)22(28)20-10-29-12-30-20/h1-10,12,28,32,35H,11H2,(H,29,30)(H,31,34). The Bertz CT molecular complexity index is 1690. The number of pyridine rings is 1. The van der Waals surface area contributed by atoms with Crippen molar-refractivity contribution >= 4 is 28.2 Å². The van der Waals surface area contributed by atoms with Crippen LogP contribution in [0.4, 0.5) is 14.5 Å². The Labute approximate surface area is 201 Å². The molecule has 0 radical (unpaired) electrons. The second-order valence-corrected chi connectivity index (χ2v) is 8.01. The zero-order valence-electron chi connectivity index (χ0n) is 18.5. The maximum Gasteiger partial charge on any atom is 0.263 e. The van der Waals surface area contributed by atoms with Crippen molar-refractivity contribution < 1.29 is 18.7 Å². The number of H-pyrrole nitrogens is 2. The van der Waals surface area contributed by atoms with Crippen LogP contribution in [0.15, 0.2) is 72.0 Å². The molecule has 9 nitrogen and oxygen atoms in total. The van der Waals surface area contributed by atoms with Crippen molar-refractivity contribution in [3.05, 3.63) is 112 Å². The molecule has 5 rings (SSSR count). The van der Waals surface area contributed by atoms with Crippen LogP contribution in [0.3, 0.4) is 0 Å². The topological polar surface area (TPSA) is 140 Å². The summed E-state index contributed by atoms with van der Waals surface area (Å²) in [5, 5.41) is 21.9. The second-order valence-electron chi connectivity index (χ2n) is 8.01. The molecule has 0 aliphatic heterocycles. The maximum absolute atomic E-state index is 13.5. The highest BCUT2D eigenvalue weighted by Gasteiger charge is 2.19. The van der Waals surface area contributed by atoms with Crippen LogP contribution in [0.5, 0.6) is 5.88 Å². The highest BCUT2D eigenvalue weighted by Crippen LogP contribution is 2.31.